The number of benzene rings is 2. The summed E-state index contributed by atoms with van der Waals surface area (Å²) in [6.45, 7) is 9.90. The Morgan fingerprint density at radius 1 is 1.10 bits per heavy atom. The minimum atomic E-state index is -0.447. The van der Waals surface area contributed by atoms with Crippen molar-refractivity contribution < 1.29 is 19.2 Å². The number of amides is 1. The van der Waals surface area contributed by atoms with Crippen molar-refractivity contribution in [2.24, 2.45) is 0 Å². The van der Waals surface area contributed by atoms with Gasteiger partial charge in [0.15, 0.2) is 0 Å². The molecular weight excluding hydrogens is 384 g/mol. The Bertz CT molecular complexity index is 1020. The quantitative estimate of drug-likeness (QED) is 0.543. The number of rotatable bonds is 5. The van der Waals surface area contributed by atoms with Crippen LogP contribution in [0.2, 0.25) is 0 Å². The van der Waals surface area contributed by atoms with Crippen molar-refractivity contribution in [2.75, 3.05) is 19.5 Å². The SMILES string of the molecule is COc1cccc(OC)c1C(=O)Nc1cc2c(c([N+](=O)[O-])c1C)C(C)(C)CC2(C)C. The van der Waals surface area contributed by atoms with Crippen LogP contribution in [0.25, 0.3) is 0 Å². The second-order valence-corrected chi connectivity index (χ2v) is 9.01. The van der Waals surface area contributed by atoms with Crippen molar-refractivity contribution in [3.8, 4) is 11.5 Å². The first-order valence-corrected chi connectivity index (χ1v) is 9.80. The molecule has 0 fully saturated rings. The molecular formula is C23H28N2O5. The number of ether oxygens (including phenoxy) is 2. The molecule has 0 aromatic heterocycles. The van der Waals surface area contributed by atoms with Gasteiger partial charge in [-0.25, -0.2) is 0 Å². The molecule has 7 heteroatoms. The van der Waals surface area contributed by atoms with Gasteiger partial charge in [-0.1, -0.05) is 33.8 Å². The van der Waals surface area contributed by atoms with E-state index in [1.54, 1.807) is 25.1 Å². The van der Waals surface area contributed by atoms with Crippen LogP contribution in [0.1, 0.15) is 61.2 Å². The maximum atomic E-state index is 13.2. The number of carbonyl (C=O) groups excluding carboxylic acids is 1. The molecule has 0 atom stereocenters. The molecule has 30 heavy (non-hydrogen) atoms. The number of fused-ring (bicyclic) bond motifs is 1. The van der Waals surface area contributed by atoms with E-state index in [2.05, 4.69) is 19.2 Å². The fourth-order valence-corrected chi connectivity index (χ4v) is 4.89. The Kier molecular flexibility index (Phi) is 5.26. The lowest BCUT2D eigenvalue weighted by Crippen LogP contribution is -2.18. The Balaban J connectivity index is 2.17. The molecule has 2 aromatic carbocycles. The molecule has 3 rings (SSSR count). The Morgan fingerprint density at radius 2 is 1.67 bits per heavy atom. The third-order valence-corrected chi connectivity index (χ3v) is 5.93. The summed E-state index contributed by atoms with van der Waals surface area (Å²) in [5.41, 5.74) is 2.24. The van der Waals surface area contributed by atoms with E-state index < -0.39 is 5.91 Å². The number of carbonyl (C=O) groups is 1. The molecule has 0 unspecified atom stereocenters. The van der Waals surface area contributed by atoms with Crippen LogP contribution in [0, 0.1) is 17.0 Å². The molecule has 0 spiro atoms. The van der Waals surface area contributed by atoms with Gasteiger partial charge < -0.3 is 14.8 Å². The normalized spacial score (nSPS) is 16.0. The molecule has 2 aromatic rings. The van der Waals surface area contributed by atoms with Crippen molar-refractivity contribution >= 4 is 17.3 Å². The highest BCUT2D eigenvalue weighted by Gasteiger charge is 2.47. The lowest BCUT2D eigenvalue weighted by molar-refractivity contribution is -0.386. The van der Waals surface area contributed by atoms with Crippen LogP contribution in [0.4, 0.5) is 11.4 Å². The molecule has 0 heterocycles. The zero-order valence-corrected chi connectivity index (χ0v) is 18.5. The largest absolute Gasteiger partial charge is 0.496 e. The predicted octanol–water partition coefficient (Wildman–Crippen LogP) is 5.13. The fourth-order valence-electron chi connectivity index (χ4n) is 4.89. The molecule has 0 radical (unpaired) electrons. The minimum absolute atomic E-state index is 0.0744. The molecule has 1 aliphatic carbocycles. The molecule has 7 nitrogen and oxygen atoms in total. The Morgan fingerprint density at radius 3 is 2.17 bits per heavy atom. The smallest absolute Gasteiger partial charge is 0.278 e. The average Bonchev–Trinajstić information content (AvgIpc) is 2.84. The van der Waals surface area contributed by atoms with Crippen molar-refractivity contribution in [3.63, 3.8) is 0 Å². The first-order valence-electron chi connectivity index (χ1n) is 9.80. The van der Waals surface area contributed by atoms with E-state index in [9.17, 15) is 14.9 Å². The van der Waals surface area contributed by atoms with Gasteiger partial charge in [0.25, 0.3) is 11.6 Å². The van der Waals surface area contributed by atoms with Crippen LogP contribution in [0.5, 0.6) is 11.5 Å². The van der Waals surface area contributed by atoms with E-state index in [-0.39, 0.29) is 27.0 Å². The molecule has 0 bridgehead atoms. The molecule has 0 saturated carbocycles. The summed E-state index contributed by atoms with van der Waals surface area (Å²) >= 11 is 0. The summed E-state index contributed by atoms with van der Waals surface area (Å²) in [7, 11) is 2.95. The average molecular weight is 412 g/mol. The van der Waals surface area contributed by atoms with Crippen LogP contribution in [0.3, 0.4) is 0 Å². The topological polar surface area (TPSA) is 90.7 Å². The fraction of sp³-hybridized carbons (Fsp3) is 0.435. The van der Waals surface area contributed by atoms with Gasteiger partial charge in [0.2, 0.25) is 0 Å². The van der Waals surface area contributed by atoms with Crippen LogP contribution >= 0.6 is 0 Å². The number of hydrogen-bond donors (Lipinski definition) is 1. The highest BCUT2D eigenvalue weighted by Crippen LogP contribution is 2.54. The third-order valence-electron chi connectivity index (χ3n) is 5.93. The van der Waals surface area contributed by atoms with Crippen molar-refractivity contribution in [1.82, 2.24) is 0 Å². The standard InChI is InChI=1S/C23H28N2O5/c1-13-15(24-21(26)18-16(29-6)9-8-10-17(18)30-7)11-14-19(20(13)25(27)28)23(4,5)12-22(14,2)3/h8-11H,12H2,1-7H3,(H,24,26). The van der Waals surface area contributed by atoms with E-state index in [1.165, 1.54) is 14.2 Å². The Hall–Kier alpha value is -3.09. The molecule has 0 saturated heterocycles. The number of methoxy groups -OCH3 is 2. The second kappa shape index (κ2) is 7.31. The van der Waals surface area contributed by atoms with Gasteiger partial charge in [-0.3, -0.25) is 14.9 Å². The number of nitro groups is 1. The summed E-state index contributed by atoms with van der Waals surface area (Å²) < 4.78 is 10.6. The van der Waals surface area contributed by atoms with E-state index in [4.69, 9.17) is 9.47 Å². The molecule has 1 aliphatic rings. The van der Waals surface area contributed by atoms with Crippen molar-refractivity contribution in [3.05, 3.63) is 56.6 Å². The number of nitrogens with zero attached hydrogens (tertiary/aromatic N) is 1. The number of hydrogen-bond acceptors (Lipinski definition) is 5. The van der Waals surface area contributed by atoms with Gasteiger partial charge in [0.1, 0.15) is 17.1 Å². The zero-order valence-electron chi connectivity index (χ0n) is 18.5. The van der Waals surface area contributed by atoms with Crippen LogP contribution in [0.15, 0.2) is 24.3 Å². The highest BCUT2D eigenvalue weighted by atomic mass is 16.6. The third kappa shape index (κ3) is 3.38. The number of nitro benzene ring substituents is 1. The maximum absolute atomic E-state index is 13.2. The lowest BCUT2D eigenvalue weighted by atomic mass is 9.81. The second-order valence-electron chi connectivity index (χ2n) is 9.01. The van der Waals surface area contributed by atoms with Gasteiger partial charge >= 0.3 is 0 Å². The summed E-state index contributed by atoms with van der Waals surface area (Å²) in [6, 6.07) is 6.94. The minimum Gasteiger partial charge on any atom is -0.496 e. The molecule has 1 N–H and O–H groups in total. The zero-order chi connectivity index (χ0) is 22.4. The molecule has 1 amide bonds. The predicted molar refractivity (Wildman–Crippen MR) is 116 cm³/mol. The molecule has 0 aliphatic heterocycles. The molecule has 160 valence electrons. The van der Waals surface area contributed by atoms with Gasteiger partial charge in [-0.15, -0.1) is 0 Å². The summed E-state index contributed by atoms with van der Waals surface area (Å²) in [4.78, 5) is 24.9. The van der Waals surface area contributed by atoms with Gasteiger partial charge in [-0.05, 0) is 47.9 Å². The van der Waals surface area contributed by atoms with Crippen LogP contribution in [-0.4, -0.2) is 25.1 Å². The summed E-state index contributed by atoms with van der Waals surface area (Å²) in [5.74, 6) is 0.278. The first kappa shape index (κ1) is 21.6. The first-order chi connectivity index (χ1) is 13.9. The highest BCUT2D eigenvalue weighted by molar-refractivity contribution is 6.09. The Labute approximate surface area is 176 Å². The summed E-state index contributed by atoms with van der Waals surface area (Å²) in [6.07, 6.45) is 0.785. The van der Waals surface area contributed by atoms with E-state index in [0.717, 1.165) is 17.5 Å². The summed E-state index contributed by atoms with van der Waals surface area (Å²) in [5, 5.41) is 14.9. The van der Waals surface area contributed by atoms with Gasteiger partial charge in [0.05, 0.1) is 30.4 Å². The van der Waals surface area contributed by atoms with Crippen LogP contribution < -0.4 is 14.8 Å². The van der Waals surface area contributed by atoms with Crippen LogP contribution in [-0.2, 0) is 10.8 Å². The number of nitrogens with one attached hydrogen (secondary N) is 1. The van der Waals surface area contributed by atoms with Crippen molar-refractivity contribution in [1.29, 1.82) is 0 Å². The van der Waals surface area contributed by atoms with Gasteiger partial charge in [-0.2, -0.15) is 0 Å². The van der Waals surface area contributed by atoms with E-state index >= 15 is 0 Å². The number of anilines is 1. The van der Waals surface area contributed by atoms with Crippen molar-refractivity contribution in [2.45, 2.75) is 51.9 Å². The van der Waals surface area contributed by atoms with Gasteiger partial charge in [0, 0.05) is 5.56 Å². The monoisotopic (exact) mass is 412 g/mol. The lowest BCUT2D eigenvalue weighted by Gasteiger charge is -2.22. The van der Waals surface area contributed by atoms with E-state index in [0.29, 0.717) is 22.7 Å². The maximum Gasteiger partial charge on any atom is 0.278 e. The van der Waals surface area contributed by atoms with E-state index in [1.807, 2.05) is 19.9 Å².